The number of carbonyl (C=O) groups is 1. The molecule has 1 aromatic heterocycles. The molecule has 0 aromatic carbocycles. The first-order chi connectivity index (χ1) is 7.80. The van der Waals surface area contributed by atoms with Crippen LogP contribution in [0.1, 0.15) is 12.6 Å². The highest BCUT2D eigenvalue weighted by atomic mass is 19.4. The van der Waals surface area contributed by atoms with Crippen molar-refractivity contribution in [2.45, 2.75) is 13.1 Å². The molecule has 0 fully saturated rings. The van der Waals surface area contributed by atoms with Crippen molar-refractivity contribution in [3.05, 3.63) is 18.0 Å². The Balaban J connectivity index is 2.70. The number of carboxylic acids is 1. The third-order valence-electron chi connectivity index (χ3n) is 1.93. The summed E-state index contributed by atoms with van der Waals surface area (Å²) in [5.41, 5.74) is -1.07. The number of nitrogens with zero attached hydrogens (tertiary/aromatic N) is 2. The van der Waals surface area contributed by atoms with E-state index in [1.54, 1.807) is 0 Å². The average molecular weight is 249 g/mol. The summed E-state index contributed by atoms with van der Waals surface area (Å²) in [6.07, 6.45) is -3.58. The number of hydrogen-bond donors (Lipinski definition) is 2. The summed E-state index contributed by atoms with van der Waals surface area (Å²) in [6.45, 7) is 1.37. The summed E-state index contributed by atoms with van der Waals surface area (Å²) < 4.78 is 36.8. The van der Waals surface area contributed by atoms with Crippen LogP contribution in [0.15, 0.2) is 12.3 Å². The molecule has 1 aromatic rings. The molecule has 0 bridgehead atoms. The van der Waals surface area contributed by atoms with E-state index in [4.69, 9.17) is 5.11 Å². The number of carboxylic acid groups (broad SMARTS) is 1. The summed E-state index contributed by atoms with van der Waals surface area (Å²) in [4.78, 5) is 17.3. The highest BCUT2D eigenvalue weighted by Gasteiger charge is 2.32. The van der Waals surface area contributed by atoms with E-state index < -0.39 is 23.8 Å². The van der Waals surface area contributed by atoms with Gasteiger partial charge < -0.3 is 10.4 Å². The van der Waals surface area contributed by atoms with Crippen molar-refractivity contribution >= 4 is 11.9 Å². The molecule has 1 atom stereocenters. The topological polar surface area (TPSA) is 75.1 Å². The minimum absolute atomic E-state index is 0.0450. The fourth-order valence-electron chi connectivity index (χ4n) is 0.933. The van der Waals surface area contributed by atoms with Crippen LogP contribution < -0.4 is 5.32 Å². The minimum Gasteiger partial charge on any atom is -0.481 e. The first-order valence-corrected chi connectivity index (χ1v) is 4.67. The standard InChI is InChI=1S/C9H10F3N3O2/c1-5(7(16)17)4-14-8-13-3-2-6(15-8)9(10,11)12/h2-3,5H,4H2,1H3,(H,16,17)(H,13,14,15). The van der Waals surface area contributed by atoms with Gasteiger partial charge in [-0.15, -0.1) is 0 Å². The molecule has 8 heteroatoms. The van der Waals surface area contributed by atoms with Gasteiger partial charge in [0.05, 0.1) is 5.92 Å². The Morgan fingerprint density at radius 3 is 2.76 bits per heavy atom. The van der Waals surface area contributed by atoms with Crippen LogP contribution in [-0.2, 0) is 11.0 Å². The molecule has 0 radical (unpaired) electrons. The van der Waals surface area contributed by atoms with E-state index >= 15 is 0 Å². The Labute approximate surface area is 94.7 Å². The minimum atomic E-state index is -4.54. The number of nitrogens with one attached hydrogen (secondary N) is 1. The molecule has 0 spiro atoms. The molecule has 2 N–H and O–H groups in total. The van der Waals surface area contributed by atoms with Crippen LogP contribution in [-0.4, -0.2) is 27.6 Å². The van der Waals surface area contributed by atoms with Gasteiger partial charge in [0, 0.05) is 12.7 Å². The quantitative estimate of drug-likeness (QED) is 0.848. The predicted octanol–water partition coefficient (Wildman–Crippen LogP) is 1.63. The van der Waals surface area contributed by atoms with Gasteiger partial charge in [0.2, 0.25) is 5.95 Å². The average Bonchev–Trinajstić information content (AvgIpc) is 2.25. The van der Waals surface area contributed by atoms with Gasteiger partial charge >= 0.3 is 12.1 Å². The van der Waals surface area contributed by atoms with Crippen LogP contribution >= 0.6 is 0 Å². The maximum atomic E-state index is 12.3. The van der Waals surface area contributed by atoms with Gasteiger partial charge in [-0.3, -0.25) is 4.79 Å². The molecule has 0 saturated carbocycles. The van der Waals surface area contributed by atoms with Crippen molar-refractivity contribution in [2.75, 3.05) is 11.9 Å². The Hall–Kier alpha value is -1.86. The Morgan fingerprint density at radius 2 is 2.24 bits per heavy atom. The number of aliphatic carboxylic acids is 1. The molecule has 0 aliphatic carbocycles. The van der Waals surface area contributed by atoms with Gasteiger partial charge in [-0.1, -0.05) is 6.92 Å². The second kappa shape index (κ2) is 4.98. The number of hydrogen-bond acceptors (Lipinski definition) is 4. The van der Waals surface area contributed by atoms with E-state index in [-0.39, 0.29) is 12.5 Å². The second-order valence-electron chi connectivity index (χ2n) is 3.38. The third-order valence-corrected chi connectivity index (χ3v) is 1.93. The van der Waals surface area contributed by atoms with Gasteiger partial charge in [-0.05, 0) is 6.07 Å². The molecule has 5 nitrogen and oxygen atoms in total. The monoisotopic (exact) mass is 249 g/mol. The van der Waals surface area contributed by atoms with E-state index in [1.165, 1.54) is 6.92 Å². The number of halogens is 3. The maximum absolute atomic E-state index is 12.3. The van der Waals surface area contributed by atoms with Gasteiger partial charge in [0.25, 0.3) is 0 Å². The van der Waals surface area contributed by atoms with Crippen LogP contribution in [0.2, 0.25) is 0 Å². The van der Waals surface area contributed by atoms with Crippen molar-refractivity contribution in [3.63, 3.8) is 0 Å². The van der Waals surface area contributed by atoms with Crippen molar-refractivity contribution in [3.8, 4) is 0 Å². The molecule has 0 saturated heterocycles. The molecule has 0 aliphatic rings. The van der Waals surface area contributed by atoms with Gasteiger partial charge in [0.1, 0.15) is 5.69 Å². The third kappa shape index (κ3) is 3.89. The van der Waals surface area contributed by atoms with Crippen molar-refractivity contribution in [1.29, 1.82) is 0 Å². The summed E-state index contributed by atoms with van der Waals surface area (Å²) in [5.74, 6) is -2.04. The highest BCUT2D eigenvalue weighted by molar-refractivity contribution is 5.70. The number of alkyl halides is 3. The van der Waals surface area contributed by atoms with Crippen LogP contribution in [0.4, 0.5) is 19.1 Å². The lowest BCUT2D eigenvalue weighted by Gasteiger charge is -2.10. The van der Waals surface area contributed by atoms with Crippen molar-refractivity contribution < 1.29 is 23.1 Å². The smallest absolute Gasteiger partial charge is 0.433 e. The van der Waals surface area contributed by atoms with E-state index in [0.717, 1.165) is 12.3 Å². The molecule has 17 heavy (non-hydrogen) atoms. The first kappa shape index (κ1) is 13.2. The highest BCUT2D eigenvalue weighted by Crippen LogP contribution is 2.27. The predicted molar refractivity (Wildman–Crippen MR) is 52.3 cm³/mol. The number of anilines is 1. The fraction of sp³-hybridized carbons (Fsp3) is 0.444. The molecule has 1 rings (SSSR count). The van der Waals surface area contributed by atoms with Crippen LogP contribution in [0.25, 0.3) is 0 Å². The SMILES string of the molecule is CC(CNc1nccc(C(F)(F)F)n1)C(=O)O. The second-order valence-corrected chi connectivity index (χ2v) is 3.38. The summed E-state index contributed by atoms with van der Waals surface area (Å²) >= 11 is 0. The largest absolute Gasteiger partial charge is 0.481 e. The van der Waals surface area contributed by atoms with Gasteiger partial charge in [0.15, 0.2) is 0 Å². The summed E-state index contributed by atoms with van der Waals surface area (Å²) in [6, 6.07) is 0.742. The number of rotatable bonds is 4. The van der Waals surface area contributed by atoms with Crippen molar-refractivity contribution in [1.82, 2.24) is 9.97 Å². The Bertz CT molecular complexity index is 409. The van der Waals surface area contributed by atoms with E-state index in [0.29, 0.717) is 0 Å². The van der Waals surface area contributed by atoms with Crippen molar-refractivity contribution in [2.24, 2.45) is 5.92 Å². The Morgan fingerprint density at radius 1 is 1.59 bits per heavy atom. The lowest BCUT2D eigenvalue weighted by Crippen LogP contribution is -2.21. The van der Waals surface area contributed by atoms with E-state index in [1.807, 2.05) is 0 Å². The molecule has 1 unspecified atom stereocenters. The van der Waals surface area contributed by atoms with Crippen LogP contribution in [0.3, 0.4) is 0 Å². The van der Waals surface area contributed by atoms with Crippen LogP contribution in [0.5, 0.6) is 0 Å². The number of aromatic nitrogens is 2. The molecule has 1 heterocycles. The van der Waals surface area contributed by atoms with Gasteiger partial charge in [-0.25, -0.2) is 9.97 Å². The normalized spacial score (nSPS) is 13.2. The molecular weight excluding hydrogens is 239 g/mol. The summed E-state index contributed by atoms with van der Waals surface area (Å²) in [7, 11) is 0. The summed E-state index contributed by atoms with van der Waals surface area (Å²) in [5, 5.41) is 11.0. The lowest BCUT2D eigenvalue weighted by molar-refractivity contribution is -0.142. The van der Waals surface area contributed by atoms with E-state index in [2.05, 4.69) is 15.3 Å². The fourth-order valence-corrected chi connectivity index (χ4v) is 0.933. The lowest BCUT2D eigenvalue weighted by atomic mass is 10.2. The zero-order valence-corrected chi connectivity index (χ0v) is 8.82. The molecule has 94 valence electrons. The molecular formula is C9H10F3N3O2. The molecule has 0 aliphatic heterocycles. The van der Waals surface area contributed by atoms with Crippen LogP contribution in [0, 0.1) is 5.92 Å². The zero-order valence-electron chi connectivity index (χ0n) is 8.82. The van der Waals surface area contributed by atoms with Gasteiger partial charge in [-0.2, -0.15) is 13.2 Å². The molecule has 0 amide bonds. The maximum Gasteiger partial charge on any atom is 0.433 e. The zero-order chi connectivity index (χ0) is 13.1. The first-order valence-electron chi connectivity index (χ1n) is 4.67. The van der Waals surface area contributed by atoms with E-state index in [9.17, 15) is 18.0 Å². The Kier molecular flexibility index (Phi) is 3.87.